The van der Waals surface area contributed by atoms with E-state index in [1.54, 1.807) is 31.4 Å². The maximum absolute atomic E-state index is 12.4. The summed E-state index contributed by atoms with van der Waals surface area (Å²) in [6.07, 6.45) is 5.12. The fourth-order valence-electron chi connectivity index (χ4n) is 3.39. The largest absolute Gasteiger partial charge is 0.497 e. The maximum Gasteiger partial charge on any atom is 0.251 e. The van der Waals surface area contributed by atoms with Gasteiger partial charge in [-0.1, -0.05) is 31.0 Å². The predicted octanol–water partition coefficient (Wildman–Crippen LogP) is 3.34. The first-order valence-electron chi connectivity index (χ1n) is 9.48. The molecule has 0 aliphatic heterocycles. The SMILES string of the molecule is COc1cccc(CCNC(=O)c2cccc(C(=O)NC3CCCC3)c2)c1. The van der Waals surface area contributed by atoms with Gasteiger partial charge in [0.2, 0.25) is 0 Å². The van der Waals surface area contributed by atoms with Crippen molar-refractivity contribution in [2.24, 2.45) is 0 Å². The standard InChI is InChI=1S/C22H26N2O3/c1-27-20-11-4-6-16(14-20)12-13-23-21(25)17-7-5-8-18(15-17)22(26)24-19-9-2-3-10-19/h4-8,11,14-15,19H,2-3,9-10,12-13H2,1H3,(H,23,25)(H,24,26). The third-order valence-electron chi connectivity index (χ3n) is 4.91. The zero-order chi connectivity index (χ0) is 19.1. The normalized spacial score (nSPS) is 14.0. The van der Waals surface area contributed by atoms with Crippen LogP contribution in [0.25, 0.3) is 0 Å². The zero-order valence-corrected chi connectivity index (χ0v) is 15.7. The number of methoxy groups -OCH3 is 1. The van der Waals surface area contributed by atoms with Gasteiger partial charge in [0.15, 0.2) is 0 Å². The first-order chi connectivity index (χ1) is 13.2. The predicted molar refractivity (Wildman–Crippen MR) is 105 cm³/mol. The Bertz CT molecular complexity index is 798. The highest BCUT2D eigenvalue weighted by Gasteiger charge is 2.18. The molecule has 2 aromatic carbocycles. The molecule has 2 amide bonds. The van der Waals surface area contributed by atoms with Crippen molar-refractivity contribution in [3.63, 3.8) is 0 Å². The molecule has 1 aliphatic carbocycles. The highest BCUT2D eigenvalue weighted by molar-refractivity contribution is 5.99. The van der Waals surface area contributed by atoms with Crippen molar-refractivity contribution in [3.05, 3.63) is 65.2 Å². The number of benzene rings is 2. The summed E-state index contributed by atoms with van der Waals surface area (Å²) in [6.45, 7) is 0.518. The molecule has 2 N–H and O–H groups in total. The van der Waals surface area contributed by atoms with E-state index in [1.807, 2.05) is 24.3 Å². The van der Waals surface area contributed by atoms with Crippen LogP contribution in [-0.4, -0.2) is 31.5 Å². The highest BCUT2D eigenvalue weighted by Crippen LogP contribution is 2.18. The number of hydrogen-bond donors (Lipinski definition) is 2. The van der Waals surface area contributed by atoms with Crippen LogP contribution in [0, 0.1) is 0 Å². The van der Waals surface area contributed by atoms with Gasteiger partial charge in [0.1, 0.15) is 5.75 Å². The average Bonchev–Trinajstić information content (AvgIpc) is 3.21. The molecule has 1 fully saturated rings. The summed E-state index contributed by atoms with van der Waals surface area (Å²) in [4.78, 5) is 24.8. The molecule has 0 atom stereocenters. The Morgan fingerprint density at radius 3 is 2.44 bits per heavy atom. The molecule has 5 nitrogen and oxygen atoms in total. The molecule has 0 aromatic heterocycles. The number of rotatable bonds is 7. The van der Waals surface area contributed by atoms with Crippen LogP contribution in [0.5, 0.6) is 5.75 Å². The Balaban J connectivity index is 1.54. The van der Waals surface area contributed by atoms with Gasteiger partial charge < -0.3 is 15.4 Å². The Labute approximate surface area is 160 Å². The number of amides is 2. The van der Waals surface area contributed by atoms with Crippen LogP contribution in [0.15, 0.2) is 48.5 Å². The van der Waals surface area contributed by atoms with Gasteiger partial charge >= 0.3 is 0 Å². The molecular formula is C22H26N2O3. The van der Waals surface area contributed by atoms with Crippen molar-refractivity contribution in [2.75, 3.05) is 13.7 Å². The van der Waals surface area contributed by atoms with Gasteiger partial charge in [-0.3, -0.25) is 9.59 Å². The van der Waals surface area contributed by atoms with E-state index < -0.39 is 0 Å². The minimum absolute atomic E-state index is 0.104. The van der Waals surface area contributed by atoms with Crippen LogP contribution in [0.3, 0.4) is 0 Å². The third-order valence-corrected chi connectivity index (χ3v) is 4.91. The van der Waals surface area contributed by atoms with Crippen LogP contribution in [0.2, 0.25) is 0 Å². The van der Waals surface area contributed by atoms with Gasteiger partial charge in [0, 0.05) is 23.7 Å². The van der Waals surface area contributed by atoms with Crippen LogP contribution in [-0.2, 0) is 6.42 Å². The molecule has 0 unspecified atom stereocenters. The smallest absolute Gasteiger partial charge is 0.251 e. The first kappa shape index (κ1) is 19.0. The molecule has 2 aromatic rings. The molecule has 3 rings (SSSR count). The summed E-state index contributed by atoms with van der Waals surface area (Å²) < 4.78 is 5.21. The molecule has 1 aliphatic rings. The topological polar surface area (TPSA) is 67.4 Å². The van der Waals surface area contributed by atoms with E-state index >= 15 is 0 Å². The molecule has 0 saturated heterocycles. The lowest BCUT2D eigenvalue weighted by atomic mass is 10.1. The quantitative estimate of drug-likeness (QED) is 0.790. The minimum Gasteiger partial charge on any atom is -0.497 e. The summed E-state index contributed by atoms with van der Waals surface area (Å²) >= 11 is 0. The van der Waals surface area contributed by atoms with Crippen molar-refractivity contribution >= 4 is 11.8 Å². The summed E-state index contributed by atoms with van der Waals surface area (Å²) in [7, 11) is 1.64. The highest BCUT2D eigenvalue weighted by atomic mass is 16.5. The lowest BCUT2D eigenvalue weighted by molar-refractivity contribution is 0.0938. The molecule has 0 spiro atoms. The van der Waals surface area contributed by atoms with Crippen LogP contribution >= 0.6 is 0 Å². The second-order valence-corrected chi connectivity index (χ2v) is 6.89. The molecule has 5 heteroatoms. The Hall–Kier alpha value is -2.82. The Morgan fingerprint density at radius 2 is 1.70 bits per heavy atom. The van der Waals surface area contributed by atoms with Crippen molar-refractivity contribution in [3.8, 4) is 5.75 Å². The van der Waals surface area contributed by atoms with Crippen molar-refractivity contribution in [1.29, 1.82) is 0 Å². The number of ether oxygens (including phenoxy) is 1. The van der Waals surface area contributed by atoms with Gasteiger partial charge in [0.25, 0.3) is 11.8 Å². The summed E-state index contributed by atoms with van der Waals surface area (Å²) in [5.41, 5.74) is 2.13. The van der Waals surface area contributed by atoms with Gasteiger partial charge in [-0.25, -0.2) is 0 Å². The number of carbonyl (C=O) groups is 2. The van der Waals surface area contributed by atoms with E-state index in [-0.39, 0.29) is 17.9 Å². The van der Waals surface area contributed by atoms with Crippen LogP contribution in [0.1, 0.15) is 52.0 Å². The van der Waals surface area contributed by atoms with E-state index in [0.717, 1.165) is 24.2 Å². The summed E-state index contributed by atoms with van der Waals surface area (Å²) in [5.74, 6) is 0.529. The third kappa shape index (κ3) is 5.33. The number of carbonyl (C=O) groups excluding carboxylic acids is 2. The van der Waals surface area contributed by atoms with E-state index in [0.29, 0.717) is 24.1 Å². The molecule has 0 bridgehead atoms. The Kier molecular flexibility index (Phi) is 6.47. The van der Waals surface area contributed by atoms with Gasteiger partial charge in [0.05, 0.1) is 7.11 Å². The lowest BCUT2D eigenvalue weighted by Gasteiger charge is -2.12. The maximum atomic E-state index is 12.4. The minimum atomic E-state index is -0.173. The van der Waals surface area contributed by atoms with Gasteiger partial charge in [-0.15, -0.1) is 0 Å². The average molecular weight is 366 g/mol. The van der Waals surface area contributed by atoms with Crippen molar-refractivity contribution < 1.29 is 14.3 Å². The molecule has 0 heterocycles. The fraction of sp³-hybridized carbons (Fsp3) is 0.364. The second kappa shape index (κ2) is 9.21. The molecular weight excluding hydrogens is 340 g/mol. The molecule has 27 heavy (non-hydrogen) atoms. The van der Waals surface area contributed by atoms with Crippen LogP contribution < -0.4 is 15.4 Å². The van der Waals surface area contributed by atoms with Crippen molar-refractivity contribution in [1.82, 2.24) is 10.6 Å². The Morgan fingerprint density at radius 1 is 1.00 bits per heavy atom. The molecule has 142 valence electrons. The monoisotopic (exact) mass is 366 g/mol. The molecule has 1 saturated carbocycles. The first-order valence-corrected chi connectivity index (χ1v) is 9.48. The van der Waals surface area contributed by atoms with E-state index in [1.165, 1.54) is 12.8 Å². The van der Waals surface area contributed by atoms with E-state index in [4.69, 9.17) is 4.74 Å². The summed E-state index contributed by atoms with van der Waals surface area (Å²) in [5, 5.41) is 5.97. The van der Waals surface area contributed by atoms with Gasteiger partial charge in [-0.05, 0) is 55.2 Å². The number of hydrogen-bond acceptors (Lipinski definition) is 3. The molecule has 0 radical (unpaired) electrons. The lowest BCUT2D eigenvalue weighted by Crippen LogP contribution is -2.33. The van der Waals surface area contributed by atoms with Crippen LogP contribution in [0.4, 0.5) is 0 Å². The summed E-state index contributed by atoms with van der Waals surface area (Å²) in [6, 6.07) is 14.9. The second-order valence-electron chi connectivity index (χ2n) is 6.89. The van der Waals surface area contributed by atoms with Crippen molar-refractivity contribution in [2.45, 2.75) is 38.1 Å². The fourth-order valence-corrected chi connectivity index (χ4v) is 3.39. The number of nitrogens with one attached hydrogen (secondary N) is 2. The van der Waals surface area contributed by atoms with E-state index in [2.05, 4.69) is 10.6 Å². The zero-order valence-electron chi connectivity index (χ0n) is 15.7. The van der Waals surface area contributed by atoms with E-state index in [9.17, 15) is 9.59 Å². The van der Waals surface area contributed by atoms with Gasteiger partial charge in [-0.2, -0.15) is 0 Å².